The first kappa shape index (κ1) is 25.8. The van der Waals surface area contributed by atoms with Gasteiger partial charge in [-0.15, -0.1) is 0 Å². The Labute approximate surface area is 210 Å². The number of benzene rings is 2. The van der Waals surface area contributed by atoms with Gasteiger partial charge in [-0.2, -0.15) is 5.10 Å². The summed E-state index contributed by atoms with van der Waals surface area (Å²) in [7, 11) is -3.67. The van der Waals surface area contributed by atoms with E-state index in [4.69, 9.17) is 23.2 Å². The van der Waals surface area contributed by atoms with E-state index in [2.05, 4.69) is 10.5 Å². The Balaban J connectivity index is 1.78. The average Bonchev–Trinajstić information content (AvgIpc) is 3.03. The van der Waals surface area contributed by atoms with Gasteiger partial charge in [0.05, 0.1) is 18.2 Å². The highest BCUT2D eigenvalue weighted by molar-refractivity contribution is 7.92. The number of amides is 1. The number of aryl methyl sites for hydroxylation is 2. The molecule has 0 unspecified atom stereocenters. The van der Waals surface area contributed by atoms with E-state index in [1.54, 1.807) is 18.2 Å². The molecule has 0 bridgehead atoms. The van der Waals surface area contributed by atoms with Crippen molar-refractivity contribution in [3.8, 4) is 5.69 Å². The zero-order valence-electron chi connectivity index (χ0n) is 19.3. The zero-order chi connectivity index (χ0) is 25.0. The summed E-state index contributed by atoms with van der Waals surface area (Å²) >= 11 is 12.3. The second-order valence-corrected chi connectivity index (χ2v) is 10.6. The highest BCUT2D eigenvalue weighted by Crippen LogP contribution is 2.26. The van der Waals surface area contributed by atoms with Gasteiger partial charge in [0.15, 0.2) is 0 Å². The van der Waals surface area contributed by atoms with Crippen molar-refractivity contribution in [3.05, 3.63) is 81.1 Å². The van der Waals surface area contributed by atoms with Crippen LogP contribution in [-0.2, 0) is 21.2 Å². The molecular formula is C24H26Cl2N4O3S. The van der Waals surface area contributed by atoms with Gasteiger partial charge in [0, 0.05) is 32.7 Å². The van der Waals surface area contributed by atoms with E-state index in [0.29, 0.717) is 22.2 Å². The molecule has 180 valence electrons. The Morgan fingerprint density at radius 2 is 1.76 bits per heavy atom. The van der Waals surface area contributed by atoms with Gasteiger partial charge >= 0.3 is 0 Å². The second kappa shape index (κ2) is 10.6. The number of sulfonamides is 1. The summed E-state index contributed by atoms with van der Waals surface area (Å²) in [4.78, 5) is 12.6. The summed E-state index contributed by atoms with van der Waals surface area (Å²) in [6, 6.07) is 14.3. The maximum absolute atomic E-state index is 12.6. The van der Waals surface area contributed by atoms with Crippen LogP contribution in [0, 0.1) is 13.8 Å². The third kappa shape index (κ3) is 6.00. The topological polar surface area (TPSA) is 83.8 Å². The Kier molecular flexibility index (Phi) is 8.07. The second-order valence-electron chi connectivity index (χ2n) is 7.83. The number of anilines is 1. The summed E-state index contributed by atoms with van der Waals surface area (Å²) in [6.07, 6.45) is 3.23. The number of para-hydroxylation sites is 1. The number of hydrogen-bond acceptors (Lipinski definition) is 4. The van der Waals surface area contributed by atoms with E-state index >= 15 is 0 Å². The van der Waals surface area contributed by atoms with Crippen molar-refractivity contribution >= 4 is 51.0 Å². The fraction of sp³-hybridized carbons (Fsp3) is 0.250. The first-order chi connectivity index (χ1) is 16.0. The summed E-state index contributed by atoms with van der Waals surface area (Å²) in [5.74, 6) is -0.553. The van der Waals surface area contributed by atoms with Crippen LogP contribution < -0.4 is 9.73 Å². The van der Waals surface area contributed by atoms with E-state index in [1.165, 1.54) is 6.21 Å². The van der Waals surface area contributed by atoms with Gasteiger partial charge in [-0.25, -0.2) is 13.8 Å². The summed E-state index contributed by atoms with van der Waals surface area (Å²) in [6.45, 7) is 5.40. The van der Waals surface area contributed by atoms with Crippen LogP contribution in [0.3, 0.4) is 0 Å². The van der Waals surface area contributed by atoms with Crippen molar-refractivity contribution in [1.29, 1.82) is 0 Å². The monoisotopic (exact) mass is 520 g/mol. The molecule has 0 atom stereocenters. The molecule has 0 radical (unpaired) electrons. The van der Waals surface area contributed by atoms with Crippen molar-refractivity contribution in [2.24, 2.45) is 5.10 Å². The van der Waals surface area contributed by atoms with E-state index in [9.17, 15) is 13.2 Å². The third-order valence-corrected chi connectivity index (χ3v) is 6.86. The predicted octanol–water partition coefficient (Wildman–Crippen LogP) is 4.88. The van der Waals surface area contributed by atoms with Crippen LogP contribution >= 0.6 is 23.2 Å². The SMILES string of the molecule is CCc1ccccc1N(CC(=O)N/N=C\c1cc(C)n(-c2cc(Cl)cc(Cl)c2)c1C)S(C)(=O)=O. The normalized spacial score (nSPS) is 11.7. The van der Waals surface area contributed by atoms with Gasteiger partial charge in [-0.3, -0.25) is 9.10 Å². The van der Waals surface area contributed by atoms with Crippen LogP contribution in [0.25, 0.3) is 5.69 Å². The number of aromatic nitrogens is 1. The van der Waals surface area contributed by atoms with Crippen LogP contribution in [-0.4, -0.2) is 37.9 Å². The summed E-state index contributed by atoms with van der Waals surface area (Å²) in [5, 5.41) is 5.10. The number of halogens is 2. The molecule has 10 heteroatoms. The lowest BCUT2D eigenvalue weighted by atomic mass is 10.1. The molecule has 34 heavy (non-hydrogen) atoms. The summed E-state index contributed by atoms with van der Waals surface area (Å²) < 4.78 is 27.8. The molecule has 1 heterocycles. The van der Waals surface area contributed by atoms with Gasteiger partial charge < -0.3 is 4.57 Å². The average molecular weight is 521 g/mol. The fourth-order valence-corrected chi connectivity index (χ4v) is 5.16. The molecule has 0 aliphatic rings. The maximum Gasteiger partial charge on any atom is 0.260 e. The first-order valence-electron chi connectivity index (χ1n) is 10.5. The van der Waals surface area contributed by atoms with Gasteiger partial charge in [0.1, 0.15) is 6.54 Å². The van der Waals surface area contributed by atoms with Gasteiger partial charge in [-0.1, -0.05) is 48.3 Å². The van der Waals surface area contributed by atoms with Crippen molar-refractivity contribution in [3.63, 3.8) is 0 Å². The molecule has 0 spiro atoms. The first-order valence-corrected chi connectivity index (χ1v) is 13.1. The standard InChI is InChI=1S/C24H26Cl2N4O3S/c1-5-18-8-6-7-9-23(18)29(34(4,32)33)15-24(31)28-27-14-19-10-16(2)30(17(19)3)22-12-20(25)11-21(26)13-22/h6-14H,5,15H2,1-4H3,(H,28,31)/b27-14-. The van der Waals surface area contributed by atoms with E-state index < -0.39 is 15.9 Å². The molecular weight excluding hydrogens is 495 g/mol. The highest BCUT2D eigenvalue weighted by Gasteiger charge is 2.22. The fourth-order valence-electron chi connectivity index (χ4n) is 3.76. The van der Waals surface area contributed by atoms with Crippen molar-refractivity contribution in [2.45, 2.75) is 27.2 Å². The Morgan fingerprint density at radius 1 is 1.12 bits per heavy atom. The molecule has 1 amide bonds. The molecule has 0 saturated carbocycles. The lowest BCUT2D eigenvalue weighted by molar-refractivity contribution is -0.119. The maximum atomic E-state index is 12.6. The lowest BCUT2D eigenvalue weighted by Crippen LogP contribution is -2.39. The molecule has 2 aromatic carbocycles. The van der Waals surface area contributed by atoms with Crippen molar-refractivity contribution in [2.75, 3.05) is 17.1 Å². The van der Waals surface area contributed by atoms with Crippen LogP contribution in [0.4, 0.5) is 5.69 Å². The molecule has 0 saturated heterocycles. The third-order valence-electron chi connectivity index (χ3n) is 5.30. The van der Waals surface area contributed by atoms with Crippen molar-refractivity contribution in [1.82, 2.24) is 9.99 Å². The molecule has 0 aliphatic heterocycles. The van der Waals surface area contributed by atoms with Crippen LogP contribution in [0.5, 0.6) is 0 Å². The van der Waals surface area contributed by atoms with Crippen LogP contribution in [0.2, 0.25) is 10.0 Å². The molecule has 7 nitrogen and oxygen atoms in total. The number of carbonyl (C=O) groups excluding carboxylic acids is 1. The zero-order valence-corrected chi connectivity index (χ0v) is 21.7. The molecule has 3 aromatic rings. The lowest BCUT2D eigenvalue weighted by Gasteiger charge is -2.23. The molecule has 3 rings (SSSR count). The Hall–Kier alpha value is -2.81. The molecule has 0 fully saturated rings. The minimum Gasteiger partial charge on any atom is -0.318 e. The number of nitrogens with one attached hydrogen (secondary N) is 1. The molecule has 1 aromatic heterocycles. The van der Waals surface area contributed by atoms with E-state index in [0.717, 1.165) is 38.8 Å². The van der Waals surface area contributed by atoms with Gasteiger partial charge in [0.2, 0.25) is 10.0 Å². The summed E-state index contributed by atoms with van der Waals surface area (Å²) in [5.41, 5.74) is 7.15. The smallest absolute Gasteiger partial charge is 0.260 e. The highest BCUT2D eigenvalue weighted by atomic mass is 35.5. The Morgan fingerprint density at radius 3 is 2.38 bits per heavy atom. The van der Waals surface area contributed by atoms with E-state index in [1.807, 2.05) is 55.7 Å². The van der Waals surface area contributed by atoms with Crippen LogP contribution in [0.15, 0.2) is 53.6 Å². The Bertz CT molecular complexity index is 1330. The number of carbonyl (C=O) groups is 1. The number of nitrogens with zero attached hydrogens (tertiary/aromatic N) is 3. The van der Waals surface area contributed by atoms with Crippen LogP contribution in [0.1, 0.15) is 29.4 Å². The van der Waals surface area contributed by atoms with E-state index in [-0.39, 0.29) is 6.54 Å². The quantitative estimate of drug-likeness (QED) is 0.339. The minimum atomic E-state index is -3.67. The van der Waals surface area contributed by atoms with Gasteiger partial charge in [-0.05, 0) is 56.2 Å². The minimum absolute atomic E-state index is 0.382. The predicted molar refractivity (Wildman–Crippen MR) is 139 cm³/mol. The number of hydrogen-bond donors (Lipinski definition) is 1. The number of rotatable bonds is 8. The van der Waals surface area contributed by atoms with Crippen molar-refractivity contribution < 1.29 is 13.2 Å². The largest absolute Gasteiger partial charge is 0.318 e. The molecule has 1 N–H and O–H groups in total. The molecule has 0 aliphatic carbocycles. The van der Waals surface area contributed by atoms with Gasteiger partial charge in [0.25, 0.3) is 5.91 Å². The number of hydrazone groups is 1.